The minimum absolute atomic E-state index is 0.0283. The van der Waals surface area contributed by atoms with Crippen LogP contribution in [-0.2, 0) is 11.3 Å². The number of hydrogen-bond donors (Lipinski definition) is 4. The van der Waals surface area contributed by atoms with E-state index in [1.54, 1.807) is 0 Å². The fourth-order valence-corrected chi connectivity index (χ4v) is 3.27. The van der Waals surface area contributed by atoms with Gasteiger partial charge in [-0.15, -0.1) is 0 Å². The molecule has 0 saturated carbocycles. The largest absolute Gasteiger partial charge is 0.477 e. The van der Waals surface area contributed by atoms with E-state index in [0.29, 0.717) is 25.9 Å². The van der Waals surface area contributed by atoms with Gasteiger partial charge in [-0.25, -0.2) is 9.78 Å². The van der Waals surface area contributed by atoms with Gasteiger partial charge in [0.2, 0.25) is 0 Å². The molecule has 0 bridgehead atoms. The Balaban J connectivity index is 1.83. The zero-order valence-electron chi connectivity index (χ0n) is 15.0. The summed E-state index contributed by atoms with van der Waals surface area (Å²) in [5, 5.41) is 13.5. The van der Waals surface area contributed by atoms with Crippen molar-refractivity contribution in [1.82, 2.24) is 4.98 Å². The minimum atomic E-state index is -0.831. The number of aromatic nitrogens is 1. The molecule has 7 N–H and O–H groups in total. The Morgan fingerprint density at radius 3 is 2.22 bits per heavy atom. The second kappa shape index (κ2) is 8.46. The standard InChI is InChI=1S/C20H23N5O2/c21-20(22)23-11-5-10-18(19(26)27)24-12-15-13-6-1-3-8-16(13)25-17-9-4-2-7-14(15)17/h1-4,6-9,18,24H,5,10-12H2,(H,26,27)(H4,21,22,23)/p+1. The van der Waals surface area contributed by atoms with Crippen molar-refractivity contribution < 1.29 is 15.2 Å². The maximum absolute atomic E-state index is 11.6. The number of fused-ring (bicyclic) bond motifs is 2. The molecule has 0 spiro atoms. The van der Waals surface area contributed by atoms with Gasteiger partial charge < -0.3 is 21.9 Å². The Labute approximate surface area is 157 Å². The number of rotatable bonds is 8. The summed E-state index contributed by atoms with van der Waals surface area (Å²) in [7, 11) is 0. The number of pyridine rings is 1. The molecule has 2 aromatic carbocycles. The summed E-state index contributed by atoms with van der Waals surface area (Å²) in [5.74, 6) is -0.803. The first-order valence-corrected chi connectivity index (χ1v) is 8.94. The van der Waals surface area contributed by atoms with E-state index < -0.39 is 12.0 Å². The van der Waals surface area contributed by atoms with Crippen LogP contribution < -0.4 is 16.8 Å². The summed E-state index contributed by atoms with van der Waals surface area (Å²) in [6.45, 7) is 0.990. The van der Waals surface area contributed by atoms with Gasteiger partial charge in [0.15, 0.2) is 12.0 Å². The van der Waals surface area contributed by atoms with Crippen molar-refractivity contribution in [3.8, 4) is 0 Å². The Kier molecular flexibility index (Phi) is 5.83. The third-order valence-corrected chi connectivity index (χ3v) is 4.59. The van der Waals surface area contributed by atoms with E-state index in [-0.39, 0.29) is 5.96 Å². The average molecular weight is 366 g/mol. The first-order chi connectivity index (χ1) is 13.1. The molecule has 1 heterocycles. The molecule has 3 aromatic rings. The summed E-state index contributed by atoms with van der Waals surface area (Å²) in [5.41, 5.74) is 13.5. The predicted molar refractivity (Wildman–Crippen MR) is 106 cm³/mol. The van der Waals surface area contributed by atoms with Crippen molar-refractivity contribution in [2.24, 2.45) is 16.5 Å². The lowest BCUT2D eigenvalue weighted by Gasteiger charge is -2.14. The smallest absolute Gasteiger partial charge is 0.362 e. The van der Waals surface area contributed by atoms with E-state index in [0.717, 1.165) is 27.4 Å². The fourth-order valence-electron chi connectivity index (χ4n) is 3.27. The molecule has 3 rings (SSSR count). The number of benzene rings is 2. The molecule has 0 radical (unpaired) electrons. The molecule has 7 nitrogen and oxygen atoms in total. The van der Waals surface area contributed by atoms with Crippen molar-refractivity contribution in [2.75, 3.05) is 6.54 Å². The van der Waals surface area contributed by atoms with Crippen LogP contribution in [-0.4, -0.2) is 34.6 Å². The number of carbonyl (C=O) groups is 1. The maximum Gasteiger partial charge on any atom is 0.362 e. The molecule has 0 aliphatic carbocycles. The van der Waals surface area contributed by atoms with Crippen LogP contribution in [0.1, 0.15) is 18.4 Å². The maximum atomic E-state index is 11.6. The second-order valence-corrected chi connectivity index (χ2v) is 6.46. The van der Waals surface area contributed by atoms with Crippen LogP contribution in [0.15, 0.2) is 53.5 Å². The molecular weight excluding hydrogens is 342 g/mol. The zero-order chi connectivity index (χ0) is 19.2. The SMILES string of the molecule is NC(N)=NCCCC([NH2+]Cc1c2ccccc2nc2ccccc12)C(=O)O. The molecule has 7 heteroatoms. The number of carboxylic acids is 1. The highest BCUT2D eigenvalue weighted by molar-refractivity contribution is 5.97. The van der Waals surface area contributed by atoms with E-state index >= 15 is 0 Å². The van der Waals surface area contributed by atoms with Crippen molar-refractivity contribution in [1.29, 1.82) is 0 Å². The molecule has 1 unspecified atom stereocenters. The van der Waals surface area contributed by atoms with E-state index in [2.05, 4.69) is 4.99 Å². The number of carboxylic acid groups (broad SMARTS) is 1. The van der Waals surface area contributed by atoms with Gasteiger partial charge in [-0.05, 0) is 18.6 Å². The predicted octanol–water partition coefficient (Wildman–Crippen LogP) is 0.958. The van der Waals surface area contributed by atoms with Crippen molar-refractivity contribution in [2.45, 2.75) is 25.4 Å². The van der Waals surface area contributed by atoms with Crippen LogP contribution in [0.3, 0.4) is 0 Å². The Bertz CT molecular complexity index is 928. The quantitative estimate of drug-likeness (QED) is 0.204. The van der Waals surface area contributed by atoms with Crippen LogP contribution in [0.2, 0.25) is 0 Å². The number of nitrogens with zero attached hydrogens (tertiary/aromatic N) is 2. The van der Waals surface area contributed by atoms with Crippen LogP contribution in [0, 0.1) is 0 Å². The number of guanidine groups is 1. The fraction of sp³-hybridized carbons (Fsp3) is 0.250. The number of quaternary nitrogens is 1. The molecule has 27 heavy (non-hydrogen) atoms. The third kappa shape index (κ3) is 4.51. The topological polar surface area (TPSA) is 131 Å². The van der Waals surface area contributed by atoms with Gasteiger partial charge in [0.25, 0.3) is 0 Å². The van der Waals surface area contributed by atoms with E-state index in [1.165, 1.54) is 0 Å². The number of hydrogen-bond acceptors (Lipinski definition) is 3. The monoisotopic (exact) mass is 366 g/mol. The van der Waals surface area contributed by atoms with Gasteiger partial charge in [0.05, 0.1) is 11.0 Å². The summed E-state index contributed by atoms with van der Waals surface area (Å²) >= 11 is 0. The van der Waals surface area contributed by atoms with Crippen LogP contribution in [0.25, 0.3) is 21.8 Å². The lowest BCUT2D eigenvalue weighted by molar-refractivity contribution is -0.693. The van der Waals surface area contributed by atoms with Gasteiger partial charge >= 0.3 is 5.97 Å². The highest BCUT2D eigenvalue weighted by Crippen LogP contribution is 2.25. The van der Waals surface area contributed by atoms with Crippen molar-refractivity contribution in [3.05, 3.63) is 54.1 Å². The Morgan fingerprint density at radius 2 is 1.67 bits per heavy atom. The van der Waals surface area contributed by atoms with Gasteiger partial charge in [0.1, 0.15) is 6.54 Å². The number of aliphatic carboxylic acids is 1. The molecule has 0 saturated heterocycles. The lowest BCUT2D eigenvalue weighted by Crippen LogP contribution is -2.90. The minimum Gasteiger partial charge on any atom is -0.477 e. The molecule has 0 amide bonds. The lowest BCUT2D eigenvalue weighted by atomic mass is 10.0. The Hall–Kier alpha value is -3.19. The van der Waals surface area contributed by atoms with Gasteiger partial charge in [-0.2, -0.15) is 0 Å². The van der Waals surface area contributed by atoms with Crippen LogP contribution >= 0.6 is 0 Å². The normalized spacial score (nSPS) is 12.1. The van der Waals surface area contributed by atoms with E-state index in [9.17, 15) is 9.90 Å². The van der Waals surface area contributed by atoms with Gasteiger partial charge in [-0.3, -0.25) is 4.99 Å². The summed E-state index contributed by atoms with van der Waals surface area (Å²) in [6.07, 6.45) is 1.11. The molecule has 0 aliphatic heterocycles. The first kappa shape index (κ1) is 18.6. The summed E-state index contributed by atoms with van der Waals surface area (Å²) in [4.78, 5) is 20.3. The van der Waals surface area contributed by atoms with Crippen LogP contribution in [0.5, 0.6) is 0 Å². The van der Waals surface area contributed by atoms with Crippen molar-refractivity contribution >= 4 is 33.7 Å². The number of aliphatic imine (C=N–C) groups is 1. The van der Waals surface area contributed by atoms with Gasteiger partial charge in [-0.1, -0.05) is 36.4 Å². The number of nitrogens with two attached hydrogens (primary N) is 3. The summed E-state index contributed by atoms with van der Waals surface area (Å²) in [6, 6.07) is 15.4. The third-order valence-electron chi connectivity index (χ3n) is 4.59. The average Bonchev–Trinajstić information content (AvgIpc) is 2.65. The highest BCUT2D eigenvalue weighted by atomic mass is 16.4. The summed E-state index contributed by atoms with van der Waals surface area (Å²) < 4.78 is 0. The Morgan fingerprint density at radius 1 is 1.07 bits per heavy atom. The molecule has 140 valence electrons. The molecule has 0 aliphatic rings. The second-order valence-electron chi connectivity index (χ2n) is 6.46. The first-order valence-electron chi connectivity index (χ1n) is 8.94. The highest BCUT2D eigenvalue weighted by Gasteiger charge is 2.21. The number of para-hydroxylation sites is 2. The van der Waals surface area contributed by atoms with Crippen LogP contribution in [0.4, 0.5) is 0 Å². The molecule has 1 aromatic heterocycles. The zero-order valence-corrected chi connectivity index (χ0v) is 15.0. The van der Waals surface area contributed by atoms with Crippen molar-refractivity contribution in [3.63, 3.8) is 0 Å². The molecule has 0 fully saturated rings. The van der Waals surface area contributed by atoms with E-state index in [1.807, 2.05) is 53.8 Å². The molecule has 1 atom stereocenters. The van der Waals surface area contributed by atoms with E-state index in [4.69, 9.17) is 16.5 Å². The molecular formula is C20H24N5O2+. The van der Waals surface area contributed by atoms with Gasteiger partial charge in [0, 0.05) is 29.3 Å².